The fourth-order valence-corrected chi connectivity index (χ4v) is 2.80. The maximum atomic E-state index is 11.4. The summed E-state index contributed by atoms with van der Waals surface area (Å²) in [7, 11) is 0. The Morgan fingerprint density at radius 3 is 3.23 bits per heavy atom. The largest absolute Gasteiger partial charge is 0.449 e. The molecule has 0 radical (unpaired) electrons. The van der Waals surface area contributed by atoms with E-state index in [1.807, 2.05) is 4.90 Å². The van der Waals surface area contributed by atoms with Crippen molar-refractivity contribution in [1.82, 2.24) is 10.2 Å². The normalized spacial score (nSPS) is 42.9. The SMILES string of the molecule is O=C1OCC[C@H]2[C@H]3CC[C@@H](CN12)N3. The van der Waals surface area contributed by atoms with E-state index in [4.69, 9.17) is 4.74 Å². The summed E-state index contributed by atoms with van der Waals surface area (Å²) in [5, 5.41) is 3.56. The second-order valence-corrected chi connectivity index (χ2v) is 4.17. The summed E-state index contributed by atoms with van der Waals surface area (Å²) in [5.74, 6) is 0. The Bertz CT molecular complexity index is 244. The Morgan fingerprint density at radius 2 is 2.31 bits per heavy atom. The number of cyclic esters (lactones) is 1. The molecule has 0 saturated carbocycles. The minimum Gasteiger partial charge on any atom is -0.449 e. The summed E-state index contributed by atoms with van der Waals surface area (Å²) in [4.78, 5) is 13.3. The molecule has 4 nitrogen and oxygen atoms in total. The molecule has 0 aromatic carbocycles. The molecule has 0 aliphatic carbocycles. The highest BCUT2D eigenvalue weighted by Crippen LogP contribution is 2.29. The minimum absolute atomic E-state index is 0.102. The van der Waals surface area contributed by atoms with Crippen molar-refractivity contribution in [2.24, 2.45) is 0 Å². The molecule has 3 saturated heterocycles. The topological polar surface area (TPSA) is 41.6 Å². The van der Waals surface area contributed by atoms with E-state index >= 15 is 0 Å². The highest BCUT2D eigenvalue weighted by atomic mass is 16.6. The molecule has 3 aliphatic heterocycles. The number of carbonyl (C=O) groups excluding carboxylic acids is 1. The number of fused-ring (bicyclic) bond motifs is 4. The molecule has 3 fully saturated rings. The molecular formula is C9H14N2O2. The lowest BCUT2D eigenvalue weighted by Crippen LogP contribution is -2.61. The highest BCUT2D eigenvalue weighted by molar-refractivity contribution is 5.69. The zero-order valence-electron chi connectivity index (χ0n) is 7.53. The second kappa shape index (κ2) is 2.61. The summed E-state index contributed by atoms with van der Waals surface area (Å²) in [6, 6.07) is 1.46. The van der Waals surface area contributed by atoms with Gasteiger partial charge in [0.15, 0.2) is 0 Å². The van der Waals surface area contributed by atoms with Gasteiger partial charge in [-0.15, -0.1) is 0 Å². The van der Waals surface area contributed by atoms with Gasteiger partial charge in [-0.3, -0.25) is 0 Å². The van der Waals surface area contributed by atoms with Gasteiger partial charge in [0.05, 0.1) is 12.6 Å². The van der Waals surface area contributed by atoms with Gasteiger partial charge in [-0.25, -0.2) is 4.79 Å². The molecule has 3 aliphatic rings. The summed E-state index contributed by atoms with van der Waals surface area (Å²) in [6.45, 7) is 1.45. The van der Waals surface area contributed by atoms with E-state index in [2.05, 4.69) is 5.32 Å². The Labute approximate surface area is 77.2 Å². The van der Waals surface area contributed by atoms with E-state index in [1.165, 1.54) is 12.8 Å². The molecule has 3 heterocycles. The van der Waals surface area contributed by atoms with Crippen molar-refractivity contribution in [2.75, 3.05) is 13.2 Å². The van der Waals surface area contributed by atoms with Gasteiger partial charge in [-0.05, 0) is 12.8 Å². The number of ether oxygens (including phenoxy) is 1. The zero-order chi connectivity index (χ0) is 8.84. The van der Waals surface area contributed by atoms with Gasteiger partial charge in [0.25, 0.3) is 0 Å². The fraction of sp³-hybridized carbons (Fsp3) is 0.889. The number of nitrogens with one attached hydrogen (secondary N) is 1. The quantitative estimate of drug-likeness (QED) is 0.587. The average Bonchev–Trinajstić information content (AvgIpc) is 2.51. The van der Waals surface area contributed by atoms with Crippen LogP contribution in [0.4, 0.5) is 4.79 Å². The lowest BCUT2D eigenvalue weighted by Gasteiger charge is -2.42. The molecule has 4 heteroatoms. The summed E-state index contributed by atoms with van der Waals surface area (Å²) in [6.07, 6.45) is 3.33. The summed E-state index contributed by atoms with van der Waals surface area (Å²) < 4.78 is 5.03. The first-order valence-electron chi connectivity index (χ1n) is 5.04. The Morgan fingerprint density at radius 1 is 1.38 bits per heavy atom. The smallest absolute Gasteiger partial charge is 0.410 e. The summed E-state index contributed by atoms with van der Waals surface area (Å²) in [5.41, 5.74) is 0. The van der Waals surface area contributed by atoms with Crippen LogP contribution in [0.15, 0.2) is 0 Å². The van der Waals surface area contributed by atoms with Crippen molar-refractivity contribution in [1.29, 1.82) is 0 Å². The first kappa shape index (κ1) is 7.62. The van der Waals surface area contributed by atoms with Crippen LogP contribution in [-0.2, 0) is 4.74 Å². The molecule has 0 spiro atoms. The third-order valence-electron chi connectivity index (χ3n) is 3.43. The van der Waals surface area contributed by atoms with Gasteiger partial charge in [-0.2, -0.15) is 0 Å². The third kappa shape index (κ3) is 1.05. The van der Waals surface area contributed by atoms with Gasteiger partial charge >= 0.3 is 6.09 Å². The second-order valence-electron chi connectivity index (χ2n) is 4.17. The standard InChI is InChI=1S/C9H14N2O2/c12-9-11-5-6-1-2-7(10-6)8(11)3-4-13-9/h6-8,10H,1-5H2/t6-,7+,8-/m0/s1. The van der Waals surface area contributed by atoms with Gasteiger partial charge in [-0.1, -0.05) is 0 Å². The van der Waals surface area contributed by atoms with Crippen molar-refractivity contribution in [3.8, 4) is 0 Å². The van der Waals surface area contributed by atoms with Gasteiger partial charge < -0.3 is 15.0 Å². The molecular weight excluding hydrogens is 168 g/mol. The molecule has 1 amide bonds. The maximum absolute atomic E-state index is 11.4. The molecule has 0 aromatic heterocycles. The molecule has 2 bridgehead atoms. The van der Waals surface area contributed by atoms with Gasteiger partial charge in [0.2, 0.25) is 0 Å². The fourth-order valence-electron chi connectivity index (χ4n) is 2.80. The van der Waals surface area contributed by atoms with Crippen LogP contribution in [-0.4, -0.2) is 42.3 Å². The van der Waals surface area contributed by atoms with E-state index < -0.39 is 0 Å². The first-order valence-corrected chi connectivity index (χ1v) is 5.04. The van der Waals surface area contributed by atoms with Crippen LogP contribution in [0.3, 0.4) is 0 Å². The number of nitrogens with zero attached hydrogens (tertiary/aromatic N) is 1. The number of rotatable bonds is 0. The predicted molar refractivity (Wildman–Crippen MR) is 46.4 cm³/mol. The molecule has 13 heavy (non-hydrogen) atoms. The third-order valence-corrected chi connectivity index (χ3v) is 3.43. The highest BCUT2D eigenvalue weighted by Gasteiger charge is 2.44. The predicted octanol–water partition coefficient (Wildman–Crippen LogP) is 0.331. The molecule has 3 rings (SSSR count). The minimum atomic E-state index is -0.102. The lowest BCUT2D eigenvalue weighted by molar-refractivity contribution is 0.0201. The zero-order valence-corrected chi connectivity index (χ0v) is 7.53. The Balaban J connectivity index is 1.86. The maximum Gasteiger partial charge on any atom is 0.410 e. The van der Waals surface area contributed by atoms with E-state index in [-0.39, 0.29) is 6.09 Å². The van der Waals surface area contributed by atoms with E-state index in [1.54, 1.807) is 0 Å². The van der Waals surface area contributed by atoms with Crippen molar-refractivity contribution >= 4 is 6.09 Å². The van der Waals surface area contributed by atoms with Crippen LogP contribution in [0.25, 0.3) is 0 Å². The number of piperazine rings is 1. The molecule has 0 unspecified atom stereocenters. The Hall–Kier alpha value is -0.770. The monoisotopic (exact) mass is 182 g/mol. The number of amides is 1. The first-order chi connectivity index (χ1) is 6.34. The molecule has 72 valence electrons. The van der Waals surface area contributed by atoms with Crippen LogP contribution in [0.2, 0.25) is 0 Å². The van der Waals surface area contributed by atoms with Crippen molar-refractivity contribution in [2.45, 2.75) is 37.4 Å². The number of hydrogen-bond acceptors (Lipinski definition) is 3. The lowest BCUT2D eigenvalue weighted by atomic mass is 10.0. The number of hydrogen-bond donors (Lipinski definition) is 1. The molecule has 0 aromatic rings. The molecule has 3 atom stereocenters. The van der Waals surface area contributed by atoms with Crippen molar-refractivity contribution < 1.29 is 9.53 Å². The summed E-state index contributed by atoms with van der Waals surface area (Å²) >= 11 is 0. The molecule has 1 N–H and O–H groups in total. The van der Waals surface area contributed by atoms with E-state index in [0.29, 0.717) is 24.7 Å². The van der Waals surface area contributed by atoms with Crippen LogP contribution >= 0.6 is 0 Å². The average molecular weight is 182 g/mol. The van der Waals surface area contributed by atoms with E-state index in [0.717, 1.165) is 13.0 Å². The van der Waals surface area contributed by atoms with Gasteiger partial charge in [0, 0.05) is 25.0 Å². The van der Waals surface area contributed by atoms with Crippen LogP contribution in [0, 0.1) is 0 Å². The van der Waals surface area contributed by atoms with Crippen LogP contribution in [0.1, 0.15) is 19.3 Å². The van der Waals surface area contributed by atoms with Crippen LogP contribution < -0.4 is 5.32 Å². The van der Waals surface area contributed by atoms with E-state index in [9.17, 15) is 4.79 Å². The van der Waals surface area contributed by atoms with Gasteiger partial charge in [0.1, 0.15) is 0 Å². The Kier molecular flexibility index (Phi) is 1.53. The number of carbonyl (C=O) groups is 1. The van der Waals surface area contributed by atoms with Crippen LogP contribution in [0.5, 0.6) is 0 Å². The van der Waals surface area contributed by atoms with Crippen molar-refractivity contribution in [3.05, 3.63) is 0 Å². The van der Waals surface area contributed by atoms with Crippen molar-refractivity contribution in [3.63, 3.8) is 0 Å².